The highest BCUT2D eigenvalue weighted by molar-refractivity contribution is 7.71. The molecule has 0 bridgehead atoms. The molecule has 0 aliphatic carbocycles. The molecule has 28 heavy (non-hydrogen) atoms. The lowest BCUT2D eigenvalue weighted by Crippen LogP contribution is -2.17. The van der Waals surface area contributed by atoms with E-state index in [0.717, 1.165) is 6.08 Å². The normalized spacial score (nSPS) is 11.5. The largest absolute Gasteiger partial charge is 0.409 e. The summed E-state index contributed by atoms with van der Waals surface area (Å²) in [4.78, 5) is 25.5. The maximum Gasteiger partial charge on any atom is 0.409 e. The molecule has 0 saturated heterocycles. The van der Waals surface area contributed by atoms with Gasteiger partial charge >= 0.3 is 6.18 Å². The van der Waals surface area contributed by atoms with Gasteiger partial charge < -0.3 is 15.1 Å². The number of alkyl halides is 3. The van der Waals surface area contributed by atoms with Gasteiger partial charge in [0.2, 0.25) is 0 Å². The van der Waals surface area contributed by atoms with E-state index >= 15 is 0 Å². The first-order valence-corrected chi connectivity index (χ1v) is 8.29. The van der Waals surface area contributed by atoms with Crippen molar-refractivity contribution in [1.82, 2.24) is 4.98 Å². The van der Waals surface area contributed by atoms with Crippen LogP contribution in [-0.4, -0.2) is 29.9 Å². The summed E-state index contributed by atoms with van der Waals surface area (Å²) in [6.45, 7) is 1.05. The third-order valence-electron chi connectivity index (χ3n) is 3.60. The van der Waals surface area contributed by atoms with E-state index in [1.54, 1.807) is 6.92 Å². The van der Waals surface area contributed by atoms with Crippen molar-refractivity contribution < 1.29 is 27.2 Å². The highest BCUT2D eigenvalue weighted by Crippen LogP contribution is 2.22. The van der Waals surface area contributed by atoms with E-state index in [4.69, 9.17) is 12.2 Å². The number of rotatable bonds is 6. The monoisotopic (exact) mass is 413 g/mol. The van der Waals surface area contributed by atoms with Crippen LogP contribution >= 0.6 is 12.2 Å². The zero-order chi connectivity index (χ0) is 20.9. The Labute approximate surface area is 162 Å². The van der Waals surface area contributed by atoms with Crippen molar-refractivity contribution in [3.05, 3.63) is 57.9 Å². The summed E-state index contributed by atoms with van der Waals surface area (Å²) < 4.78 is 50.6. The standard InChI is InChI=1S/C18H15F4N3O2S/c1-11-8-12(4-5-18(19,20)21)2-3-14(11)16(27)24-13-9-15(17(28)23-10-13)25(22)6-7-26/h2-5,7-10H,6H2,1H3,(H,23,28)(H,24,27)/b5-4-. The Morgan fingerprint density at radius 3 is 2.64 bits per heavy atom. The highest BCUT2D eigenvalue weighted by Gasteiger charge is 2.21. The van der Waals surface area contributed by atoms with E-state index in [-0.39, 0.29) is 32.8 Å². The molecule has 1 heterocycles. The summed E-state index contributed by atoms with van der Waals surface area (Å²) in [6.07, 6.45) is -1.70. The van der Waals surface area contributed by atoms with Crippen molar-refractivity contribution >= 4 is 41.9 Å². The van der Waals surface area contributed by atoms with Crippen LogP contribution in [0.5, 0.6) is 0 Å². The van der Waals surface area contributed by atoms with Gasteiger partial charge in [-0.05, 0) is 30.2 Å². The molecule has 0 aliphatic heterocycles. The predicted octanol–water partition coefficient (Wildman–Crippen LogP) is 4.77. The third kappa shape index (κ3) is 5.74. The number of aryl methyl sites for hydroxylation is 1. The summed E-state index contributed by atoms with van der Waals surface area (Å²) in [5.74, 6) is -0.541. The molecular formula is C18H15F4N3O2S. The number of pyridine rings is 1. The Hall–Kier alpha value is -3.01. The number of nitrogens with zero attached hydrogens (tertiary/aromatic N) is 1. The summed E-state index contributed by atoms with van der Waals surface area (Å²) in [6, 6.07) is 5.46. The SMILES string of the molecule is Cc1cc(/C=C\C(F)(F)F)ccc1C(=O)Nc1c[nH]c(=S)c(N(F)CC=O)c1. The fraction of sp³-hybridized carbons (Fsp3) is 0.167. The Bertz CT molecular complexity index is 970. The Morgan fingerprint density at radius 1 is 1.32 bits per heavy atom. The van der Waals surface area contributed by atoms with Gasteiger partial charge in [0, 0.05) is 17.8 Å². The van der Waals surface area contributed by atoms with Crippen molar-refractivity contribution in [1.29, 1.82) is 0 Å². The average Bonchev–Trinajstić information content (AvgIpc) is 2.61. The van der Waals surface area contributed by atoms with Gasteiger partial charge in [-0.2, -0.15) is 13.2 Å². The van der Waals surface area contributed by atoms with E-state index < -0.39 is 18.6 Å². The number of carbonyl (C=O) groups excluding carboxylic acids is 2. The maximum atomic E-state index is 13.8. The number of benzene rings is 1. The van der Waals surface area contributed by atoms with Crippen molar-refractivity contribution in [3.63, 3.8) is 0 Å². The predicted molar refractivity (Wildman–Crippen MR) is 100 cm³/mol. The highest BCUT2D eigenvalue weighted by atomic mass is 32.1. The minimum absolute atomic E-state index is 0.0411. The van der Waals surface area contributed by atoms with Gasteiger partial charge in [0.05, 0.1) is 5.69 Å². The van der Waals surface area contributed by atoms with E-state index in [1.807, 2.05) is 0 Å². The molecule has 0 aliphatic rings. The van der Waals surface area contributed by atoms with Crippen molar-refractivity contribution in [2.45, 2.75) is 13.1 Å². The van der Waals surface area contributed by atoms with Gasteiger partial charge in [-0.25, -0.2) is 5.12 Å². The topological polar surface area (TPSA) is 65.2 Å². The molecule has 0 fully saturated rings. The molecule has 0 atom stereocenters. The first-order valence-electron chi connectivity index (χ1n) is 7.88. The zero-order valence-corrected chi connectivity index (χ0v) is 15.3. The van der Waals surface area contributed by atoms with Crippen LogP contribution in [0.4, 0.5) is 29.0 Å². The first-order chi connectivity index (χ1) is 13.1. The van der Waals surface area contributed by atoms with Crippen LogP contribution in [0.1, 0.15) is 21.5 Å². The zero-order valence-electron chi connectivity index (χ0n) is 14.5. The lowest BCUT2D eigenvalue weighted by atomic mass is 10.0. The number of anilines is 2. The minimum Gasteiger partial charge on any atom is -0.349 e. The number of amides is 1. The van der Waals surface area contributed by atoms with Crippen LogP contribution in [0.3, 0.4) is 0 Å². The van der Waals surface area contributed by atoms with Crippen molar-refractivity contribution in [2.24, 2.45) is 0 Å². The number of hydrogen-bond acceptors (Lipinski definition) is 4. The number of aromatic amines is 1. The number of allylic oxidation sites excluding steroid dienone is 1. The molecule has 2 aromatic rings. The number of halogens is 4. The van der Waals surface area contributed by atoms with E-state index in [0.29, 0.717) is 17.4 Å². The number of H-pyrrole nitrogens is 1. The lowest BCUT2D eigenvalue weighted by Gasteiger charge is -2.13. The molecule has 0 saturated carbocycles. The molecule has 0 spiro atoms. The van der Waals surface area contributed by atoms with Crippen LogP contribution in [0.2, 0.25) is 0 Å². The van der Waals surface area contributed by atoms with Gasteiger partial charge in [0.15, 0.2) is 0 Å². The van der Waals surface area contributed by atoms with Gasteiger partial charge in [0.1, 0.15) is 23.2 Å². The smallest absolute Gasteiger partial charge is 0.349 e. The summed E-state index contributed by atoms with van der Waals surface area (Å²) in [7, 11) is 0. The van der Waals surface area contributed by atoms with E-state index in [1.165, 1.54) is 30.5 Å². The molecule has 0 unspecified atom stereocenters. The van der Waals surface area contributed by atoms with Gasteiger partial charge in [-0.1, -0.05) is 34.9 Å². The molecule has 2 rings (SSSR count). The summed E-state index contributed by atoms with van der Waals surface area (Å²) in [5, 5.41) is 2.68. The summed E-state index contributed by atoms with van der Waals surface area (Å²) in [5.41, 5.74) is 1.09. The first kappa shape index (κ1) is 21.3. The number of aldehydes is 1. The van der Waals surface area contributed by atoms with E-state index in [9.17, 15) is 27.2 Å². The number of aromatic nitrogens is 1. The Balaban J connectivity index is 2.21. The second-order valence-corrected chi connectivity index (χ2v) is 6.13. The van der Waals surface area contributed by atoms with Crippen LogP contribution in [0.15, 0.2) is 36.5 Å². The average molecular weight is 413 g/mol. The number of hydrogen-bond donors (Lipinski definition) is 2. The lowest BCUT2D eigenvalue weighted by molar-refractivity contribution is -0.107. The number of carbonyl (C=O) groups is 2. The fourth-order valence-electron chi connectivity index (χ4n) is 2.32. The molecule has 1 aromatic heterocycles. The maximum absolute atomic E-state index is 13.8. The fourth-order valence-corrected chi connectivity index (χ4v) is 2.54. The minimum atomic E-state index is -4.43. The van der Waals surface area contributed by atoms with Crippen LogP contribution < -0.4 is 10.4 Å². The molecular weight excluding hydrogens is 398 g/mol. The van der Waals surface area contributed by atoms with Gasteiger partial charge in [-0.15, -0.1) is 0 Å². The van der Waals surface area contributed by atoms with Crippen LogP contribution in [0.25, 0.3) is 6.08 Å². The molecule has 0 radical (unpaired) electrons. The molecule has 1 amide bonds. The molecule has 5 nitrogen and oxygen atoms in total. The quantitative estimate of drug-likeness (QED) is 0.310. The molecule has 148 valence electrons. The third-order valence-corrected chi connectivity index (χ3v) is 3.92. The number of nitrogens with one attached hydrogen (secondary N) is 2. The molecule has 10 heteroatoms. The molecule has 2 N–H and O–H groups in total. The second kappa shape index (κ2) is 8.79. The van der Waals surface area contributed by atoms with Gasteiger partial charge in [0.25, 0.3) is 5.91 Å². The van der Waals surface area contributed by atoms with E-state index in [2.05, 4.69) is 10.3 Å². The molecule has 1 aromatic carbocycles. The van der Waals surface area contributed by atoms with Crippen LogP contribution in [-0.2, 0) is 4.79 Å². The Morgan fingerprint density at radius 2 is 2.04 bits per heavy atom. The van der Waals surface area contributed by atoms with Crippen molar-refractivity contribution in [2.75, 3.05) is 17.0 Å². The Kier molecular flexibility index (Phi) is 6.68. The van der Waals surface area contributed by atoms with Crippen molar-refractivity contribution in [3.8, 4) is 0 Å². The van der Waals surface area contributed by atoms with Crippen LogP contribution in [0, 0.1) is 11.6 Å². The summed E-state index contributed by atoms with van der Waals surface area (Å²) >= 11 is 4.94. The van der Waals surface area contributed by atoms with Gasteiger partial charge in [-0.3, -0.25) is 4.79 Å². The second-order valence-electron chi connectivity index (χ2n) is 5.72.